The zero-order chi connectivity index (χ0) is 9.57. The van der Waals surface area contributed by atoms with Crippen LogP contribution in [-0.4, -0.2) is 39.1 Å². The average molecular weight is 188 g/mol. The van der Waals surface area contributed by atoms with E-state index in [1.165, 1.54) is 0 Å². The van der Waals surface area contributed by atoms with Gasteiger partial charge in [-0.15, -0.1) is 0 Å². The highest BCUT2D eigenvalue weighted by Crippen LogP contribution is 2.25. The van der Waals surface area contributed by atoms with Crippen LogP contribution in [0.4, 0.5) is 0 Å². The molecule has 1 aliphatic rings. The van der Waals surface area contributed by atoms with Gasteiger partial charge in [-0.1, -0.05) is 6.92 Å². The van der Waals surface area contributed by atoms with Crippen molar-refractivity contribution < 1.29 is 14.2 Å². The van der Waals surface area contributed by atoms with E-state index in [2.05, 4.69) is 6.92 Å². The van der Waals surface area contributed by atoms with Crippen LogP contribution < -0.4 is 0 Å². The third-order valence-corrected chi connectivity index (χ3v) is 2.53. The molecule has 0 radical (unpaired) electrons. The molecule has 0 bridgehead atoms. The first-order valence-electron chi connectivity index (χ1n) is 5.03. The summed E-state index contributed by atoms with van der Waals surface area (Å²) in [5.74, 6) is 0. The molecule has 0 aliphatic carbocycles. The standard InChI is InChI=1S/C10H20O3/c1-3-10(8-12-9-10)13-7-5-4-6-11-2/h3-9H2,1-2H3. The predicted octanol–water partition coefficient (Wildman–Crippen LogP) is 1.61. The first-order chi connectivity index (χ1) is 6.33. The average Bonchev–Trinajstić information content (AvgIpc) is 2.09. The minimum atomic E-state index is 0.0487. The molecule has 1 aliphatic heterocycles. The maximum absolute atomic E-state index is 5.78. The second-order valence-electron chi connectivity index (χ2n) is 3.58. The molecule has 1 fully saturated rings. The molecule has 3 heteroatoms. The lowest BCUT2D eigenvalue weighted by atomic mass is 9.99. The van der Waals surface area contributed by atoms with Crippen molar-refractivity contribution in [1.82, 2.24) is 0 Å². The summed E-state index contributed by atoms with van der Waals surface area (Å²) in [6.07, 6.45) is 3.21. The van der Waals surface area contributed by atoms with Gasteiger partial charge < -0.3 is 14.2 Å². The summed E-state index contributed by atoms with van der Waals surface area (Å²) in [5, 5.41) is 0. The van der Waals surface area contributed by atoms with Gasteiger partial charge in [0.05, 0.1) is 13.2 Å². The van der Waals surface area contributed by atoms with Crippen molar-refractivity contribution >= 4 is 0 Å². The van der Waals surface area contributed by atoms with E-state index < -0.39 is 0 Å². The van der Waals surface area contributed by atoms with E-state index in [-0.39, 0.29) is 5.60 Å². The molecular weight excluding hydrogens is 168 g/mol. The molecule has 1 saturated heterocycles. The van der Waals surface area contributed by atoms with Gasteiger partial charge in [-0.25, -0.2) is 0 Å². The van der Waals surface area contributed by atoms with Gasteiger partial charge in [0, 0.05) is 20.3 Å². The van der Waals surface area contributed by atoms with Gasteiger partial charge in [0.25, 0.3) is 0 Å². The highest BCUT2D eigenvalue weighted by Gasteiger charge is 2.37. The lowest BCUT2D eigenvalue weighted by Gasteiger charge is -2.40. The molecule has 3 nitrogen and oxygen atoms in total. The van der Waals surface area contributed by atoms with E-state index in [1.807, 2.05) is 0 Å². The Morgan fingerprint density at radius 2 is 1.92 bits per heavy atom. The van der Waals surface area contributed by atoms with Crippen molar-refractivity contribution in [3.63, 3.8) is 0 Å². The van der Waals surface area contributed by atoms with Gasteiger partial charge in [0.2, 0.25) is 0 Å². The zero-order valence-corrected chi connectivity index (χ0v) is 8.67. The Hall–Kier alpha value is -0.120. The first kappa shape index (κ1) is 11.0. The van der Waals surface area contributed by atoms with Crippen molar-refractivity contribution in [1.29, 1.82) is 0 Å². The molecule has 13 heavy (non-hydrogen) atoms. The first-order valence-corrected chi connectivity index (χ1v) is 5.03. The van der Waals surface area contributed by atoms with Crippen molar-refractivity contribution in [2.45, 2.75) is 31.8 Å². The Morgan fingerprint density at radius 3 is 2.38 bits per heavy atom. The van der Waals surface area contributed by atoms with Crippen LogP contribution in [0.5, 0.6) is 0 Å². The predicted molar refractivity (Wildman–Crippen MR) is 50.9 cm³/mol. The Bertz CT molecular complexity index is 127. The van der Waals surface area contributed by atoms with Crippen molar-refractivity contribution in [2.24, 2.45) is 0 Å². The lowest BCUT2D eigenvalue weighted by molar-refractivity contribution is -0.211. The zero-order valence-electron chi connectivity index (χ0n) is 8.67. The summed E-state index contributed by atoms with van der Waals surface area (Å²) in [5.41, 5.74) is 0.0487. The molecule has 1 rings (SSSR count). The third-order valence-electron chi connectivity index (χ3n) is 2.53. The summed E-state index contributed by atoms with van der Waals surface area (Å²) in [6, 6.07) is 0. The molecule has 0 unspecified atom stereocenters. The second-order valence-corrected chi connectivity index (χ2v) is 3.58. The fourth-order valence-electron chi connectivity index (χ4n) is 1.36. The van der Waals surface area contributed by atoms with E-state index in [9.17, 15) is 0 Å². The Morgan fingerprint density at radius 1 is 1.23 bits per heavy atom. The molecule has 0 atom stereocenters. The maximum atomic E-state index is 5.78. The Balaban J connectivity index is 1.98. The molecule has 0 spiro atoms. The maximum Gasteiger partial charge on any atom is 0.114 e. The van der Waals surface area contributed by atoms with Crippen LogP contribution in [0.3, 0.4) is 0 Å². The minimum Gasteiger partial charge on any atom is -0.385 e. The summed E-state index contributed by atoms with van der Waals surface area (Å²) < 4.78 is 15.9. The van der Waals surface area contributed by atoms with Crippen LogP contribution >= 0.6 is 0 Å². The van der Waals surface area contributed by atoms with Gasteiger partial charge >= 0.3 is 0 Å². The summed E-state index contributed by atoms with van der Waals surface area (Å²) >= 11 is 0. The Labute approximate surface area is 80.4 Å². The highest BCUT2D eigenvalue weighted by atomic mass is 16.6. The molecular formula is C10H20O3. The van der Waals surface area contributed by atoms with Crippen molar-refractivity contribution in [3.8, 4) is 0 Å². The van der Waals surface area contributed by atoms with Crippen LogP contribution in [0.1, 0.15) is 26.2 Å². The van der Waals surface area contributed by atoms with Crippen LogP contribution in [0.25, 0.3) is 0 Å². The van der Waals surface area contributed by atoms with Gasteiger partial charge in [-0.2, -0.15) is 0 Å². The normalized spacial score (nSPS) is 19.8. The number of ether oxygens (including phenoxy) is 3. The molecule has 78 valence electrons. The summed E-state index contributed by atoms with van der Waals surface area (Å²) in [6.45, 7) is 5.36. The number of hydrogen-bond acceptors (Lipinski definition) is 3. The third kappa shape index (κ3) is 3.25. The molecule has 0 amide bonds. The lowest BCUT2D eigenvalue weighted by Crippen LogP contribution is -2.51. The van der Waals surface area contributed by atoms with Gasteiger partial charge in [0.15, 0.2) is 0 Å². The minimum absolute atomic E-state index is 0.0487. The van der Waals surface area contributed by atoms with E-state index in [0.29, 0.717) is 0 Å². The monoisotopic (exact) mass is 188 g/mol. The van der Waals surface area contributed by atoms with Crippen LogP contribution in [0.2, 0.25) is 0 Å². The van der Waals surface area contributed by atoms with E-state index in [4.69, 9.17) is 14.2 Å². The van der Waals surface area contributed by atoms with Gasteiger partial charge in [-0.3, -0.25) is 0 Å². The van der Waals surface area contributed by atoms with Crippen LogP contribution in [0, 0.1) is 0 Å². The number of hydrogen-bond donors (Lipinski definition) is 0. The smallest absolute Gasteiger partial charge is 0.114 e. The van der Waals surface area contributed by atoms with E-state index in [0.717, 1.165) is 45.7 Å². The highest BCUT2D eigenvalue weighted by molar-refractivity contribution is 4.85. The number of rotatable bonds is 7. The van der Waals surface area contributed by atoms with Crippen LogP contribution in [-0.2, 0) is 14.2 Å². The number of unbranched alkanes of at least 4 members (excludes halogenated alkanes) is 1. The Kier molecular flexibility index (Phi) is 4.70. The molecule has 0 aromatic heterocycles. The largest absolute Gasteiger partial charge is 0.385 e. The van der Waals surface area contributed by atoms with Gasteiger partial charge in [0.1, 0.15) is 5.60 Å². The molecule has 1 heterocycles. The number of methoxy groups -OCH3 is 1. The van der Waals surface area contributed by atoms with E-state index in [1.54, 1.807) is 7.11 Å². The van der Waals surface area contributed by atoms with Crippen molar-refractivity contribution in [3.05, 3.63) is 0 Å². The quantitative estimate of drug-likeness (QED) is 0.568. The fraction of sp³-hybridized carbons (Fsp3) is 1.00. The van der Waals surface area contributed by atoms with Crippen LogP contribution in [0.15, 0.2) is 0 Å². The fourth-order valence-corrected chi connectivity index (χ4v) is 1.36. The second kappa shape index (κ2) is 5.58. The van der Waals surface area contributed by atoms with Crippen molar-refractivity contribution in [2.75, 3.05) is 33.5 Å². The topological polar surface area (TPSA) is 27.7 Å². The SMILES string of the molecule is CCC1(OCCCCOC)COC1. The summed E-state index contributed by atoms with van der Waals surface area (Å²) in [4.78, 5) is 0. The molecule has 0 saturated carbocycles. The van der Waals surface area contributed by atoms with Gasteiger partial charge in [-0.05, 0) is 19.3 Å². The van der Waals surface area contributed by atoms with E-state index >= 15 is 0 Å². The molecule has 0 N–H and O–H groups in total. The molecule has 0 aromatic carbocycles. The summed E-state index contributed by atoms with van der Waals surface area (Å²) in [7, 11) is 1.73. The molecule has 0 aromatic rings.